The van der Waals surface area contributed by atoms with E-state index in [-0.39, 0.29) is 0 Å². The summed E-state index contributed by atoms with van der Waals surface area (Å²) in [6, 6.07) is 0. The first-order valence-electron chi connectivity index (χ1n) is 11.6. The molecule has 0 rings (SSSR count). The van der Waals surface area contributed by atoms with Crippen molar-refractivity contribution in [2.24, 2.45) is 23.7 Å². The van der Waals surface area contributed by atoms with Crippen LogP contribution in [-0.4, -0.2) is 26.4 Å². The highest BCUT2D eigenvalue weighted by molar-refractivity contribution is 4.58. The summed E-state index contributed by atoms with van der Waals surface area (Å²) in [6.45, 7) is 21.8. The molecule has 4 unspecified atom stereocenters. The predicted octanol–water partition coefficient (Wildman–Crippen LogP) is 7.75. The minimum absolute atomic E-state index is 0.721. The van der Waals surface area contributed by atoms with Gasteiger partial charge in [-0.1, -0.05) is 93.9 Å². The van der Waals surface area contributed by atoms with E-state index in [4.69, 9.17) is 9.47 Å². The molecule has 0 saturated heterocycles. The Morgan fingerprint density at radius 2 is 0.846 bits per heavy atom. The van der Waals surface area contributed by atoms with Crippen LogP contribution in [0.4, 0.5) is 0 Å². The van der Waals surface area contributed by atoms with E-state index in [9.17, 15) is 0 Å². The van der Waals surface area contributed by atoms with E-state index in [0.717, 1.165) is 50.1 Å². The minimum Gasteiger partial charge on any atom is -0.381 e. The van der Waals surface area contributed by atoms with Crippen molar-refractivity contribution in [3.05, 3.63) is 0 Å². The van der Waals surface area contributed by atoms with Gasteiger partial charge in [-0.05, 0) is 36.5 Å². The average Bonchev–Trinajstić information content (AvgIpc) is 2.66. The maximum atomic E-state index is 5.84. The first-order chi connectivity index (χ1) is 12.5. The fourth-order valence-electron chi connectivity index (χ4n) is 2.73. The Labute approximate surface area is 166 Å². The predicted molar refractivity (Wildman–Crippen MR) is 118 cm³/mol. The number of hydrogen-bond donors (Lipinski definition) is 0. The topological polar surface area (TPSA) is 18.5 Å². The fraction of sp³-hybridized carbons (Fsp3) is 1.00. The van der Waals surface area contributed by atoms with Crippen molar-refractivity contribution >= 4 is 0 Å². The van der Waals surface area contributed by atoms with Gasteiger partial charge in [-0.3, -0.25) is 0 Å². The zero-order valence-electron chi connectivity index (χ0n) is 19.6. The molecule has 2 nitrogen and oxygen atoms in total. The first kappa shape index (κ1) is 28.1. The van der Waals surface area contributed by atoms with Crippen LogP contribution in [0.5, 0.6) is 0 Å². The lowest BCUT2D eigenvalue weighted by molar-refractivity contribution is 0.0638. The molecule has 0 amide bonds. The van der Waals surface area contributed by atoms with Crippen LogP contribution < -0.4 is 0 Å². The summed E-state index contributed by atoms with van der Waals surface area (Å²) in [5, 5.41) is 0. The molecule has 0 aromatic rings. The van der Waals surface area contributed by atoms with Gasteiger partial charge in [0.05, 0.1) is 0 Å². The molecule has 0 aliphatic carbocycles. The van der Waals surface area contributed by atoms with Crippen molar-refractivity contribution in [1.82, 2.24) is 0 Å². The minimum atomic E-state index is 0.721. The maximum absolute atomic E-state index is 5.84. The molecule has 0 saturated carbocycles. The molecule has 26 heavy (non-hydrogen) atoms. The molecule has 0 bridgehead atoms. The highest BCUT2D eigenvalue weighted by Gasteiger charge is 2.08. The molecule has 4 atom stereocenters. The summed E-state index contributed by atoms with van der Waals surface area (Å²) in [5.41, 5.74) is 0. The van der Waals surface area contributed by atoms with Crippen LogP contribution in [0.1, 0.15) is 107 Å². The Morgan fingerprint density at radius 1 is 0.500 bits per heavy atom. The van der Waals surface area contributed by atoms with Crippen LogP contribution in [0.2, 0.25) is 0 Å². The van der Waals surface area contributed by atoms with E-state index in [2.05, 4.69) is 55.4 Å². The van der Waals surface area contributed by atoms with E-state index in [1.807, 2.05) is 0 Å². The summed E-state index contributed by atoms with van der Waals surface area (Å²) in [6.07, 6.45) is 10.2. The van der Waals surface area contributed by atoms with Crippen molar-refractivity contribution < 1.29 is 9.47 Å². The maximum Gasteiger partial charge on any atom is 0.0494 e. The number of ether oxygens (including phenoxy) is 2. The summed E-state index contributed by atoms with van der Waals surface area (Å²) >= 11 is 0. The van der Waals surface area contributed by atoms with Crippen molar-refractivity contribution in [2.45, 2.75) is 107 Å². The highest BCUT2D eigenvalue weighted by atomic mass is 16.5. The van der Waals surface area contributed by atoms with Crippen molar-refractivity contribution in [2.75, 3.05) is 26.4 Å². The van der Waals surface area contributed by atoms with Gasteiger partial charge in [-0.2, -0.15) is 0 Å². The molecular formula is C24H52O2. The second-order valence-corrected chi connectivity index (χ2v) is 8.23. The van der Waals surface area contributed by atoms with Crippen LogP contribution >= 0.6 is 0 Å². The standard InChI is InChI=1S/C14H30O.C10H22O/c1-5-9-13(7-3)11-15-12-14(8-4)10-6-2;1-5-9(3)7-11-8-10(4)6-2/h13-14H,5-12H2,1-4H3;9-10H,5-8H2,1-4H3. The Bertz CT molecular complexity index is 231. The third kappa shape index (κ3) is 18.7. The lowest BCUT2D eigenvalue weighted by atomic mass is 10.0. The van der Waals surface area contributed by atoms with Gasteiger partial charge in [0.25, 0.3) is 0 Å². The summed E-state index contributed by atoms with van der Waals surface area (Å²) in [5.74, 6) is 3.02. The monoisotopic (exact) mass is 372 g/mol. The Hall–Kier alpha value is -0.0800. The summed E-state index contributed by atoms with van der Waals surface area (Å²) in [7, 11) is 0. The molecule has 0 spiro atoms. The Morgan fingerprint density at radius 3 is 1.12 bits per heavy atom. The van der Waals surface area contributed by atoms with Gasteiger partial charge >= 0.3 is 0 Å². The van der Waals surface area contributed by atoms with Crippen molar-refractivity contribution in [3.8, 4) is 0 Å². The van der Waals surface area contributed by atoms with Crippen LogP contribution in [0.3, 0.4) is 0 Å². The zero-order valence-corrected chi connectivity index (χ0v) is 19.6. The van der Waals surface area contributed by atoms with E-state index in [0.29, 0.717) is 0 Å². The molecule has 160 valence electrons. The van der Waals surface area contributed by atoms with Gasteiger partial charge in [0, 0.05) is 26.4 Å². The number of rotatable bonds is 16. The van der Waals surface area contributed by atoms with Crippen LogP contribution in [0, 0.1) is 23.7 Å². The molecule has 0 N–H and O–H groups in total. The zero-order chi connectivity index (χ0) is 20.2. The number of hydrogen-bond acceptors (Lipinski definition) is 2. The SMILES string of the molecule is CCC(C)COCC(C)CC.CCCC(CC)COCC(CC)CCC. The van der Waals surface area contributed by atoms with Crippen molar-refractivity contribution in [3.63, 3.8) is 0 Å². The molecular weight excluding hydrogens is 320 g/mol. The smallest absolute Gasteiger partial charge is 0.0494 e. The van der Waals surface area contributed by atoms with Gasteiger partial charge in [-0.25, -0.2) is 0 Å². The van der Waals surface area contributed by atoms with Gasteiger partial charge in [-0.15, -0.1) is 0 Å². The van der Waals surface area contributed by atoms with Crippen LogP contribution in [0.25, 0.3) is 0 Å². The fourth-order valence-corrected chi connectivity index (χ4v) is 2.73. The lowest BCUT2D eigenvalue weighted by Crippen LogP contribution is -2.14. The van der Waals surface area contributed by atoms with Gasteiger partial charge in [0.2, 0.25) is 0 Å². The van der Waals surface area contributed by atoms with E-state index in [1.54, 1.807) is 0 Å². The molecule has 0 aromatic heterocycles. The summed E-state index contributed by atoms with van der Waals surface area (Å²) < 4.78 is 11.4. The first-order valence-corrected chi connectivity index (χ1v) is 11.6. The average molecular weight is 373 g/mol. The van der Waals surface area contributed by atoms with E-state index in [1.165, 1.54) is 51.4 Å². The molecule has 0 fully saturated rings. The third-order valence-electron chi connectivity index (χ3n) is 5.45. The molecule has 2 heteroatoms. The van der Waals surface area contributed by atoms with E-state index >= 15 is 0 Å². The molecule has 0 aliphatic heterocycles. The molecule has 0 aliphatic rings. The van der Waals surface area contributed by atoms with Crippen LogP contribution in [0.15, 0.2) is 0 Å². The molecule has 0 aromatic carbocycles. The van der Waals surface area contributed by atoms with Gasteiger partial charge in [0.1, 0.15) is 0 Å². The Balaban J connectivity index is 0. The Kier molecular flexibility index (Phi) is 23.0. The molecule has 0 radical (unpaired) electrons. The van der Waals surface area contributed by atoms with Crippen LogP contribution in [-0.2, 0) is 9.47 Å². The largest absolute Gasteiger partial charge is 0.381 e. The molecule has 0 heterocycles. The lowest BCUT2D eigenvalue weighted by Gasteiger charge is -2.18. The van der Waals surface area contributed by atoms with Crippen molar-refractivity contribution in [1.29, 1.82) is 0 Å². The van der Waals surface area contributed by atoms with E-state index < -0.39 is 0 Å². The summed E-state index contributed by atoms with van der Waals surface area (Å²) in [4.78, 5) is 0. The van der Waals surface area contributed by atoms with Gasteiger partial charge in [0.15, 0.2) is 0 Å². The highest BCUT2D eigenvalue weighted by Crippen LogP contribution is 2.14. The third-order valence-corrected chi connectivity index (χ3v) is 5.45. The second-order valence-electron chi connectivity index (χ2n) is 8.23. The second kappa shape index (κ2) is 21.2. The van der Waals surface area contributed by atoms with Gasteiger partial charge < -0.3 is 9.47 Å². The quantitative estimate of drug-likeness (QED) is 0.276. The normalized spacial score (nSPS) is 15.7.